The molecule has 0 aromatic heterocycles. The Morgan fingerprint density at radius 3 is 2.29 bits per heavy atom. The van der Waals surface area contributed by atoms with Crippen LogP contribution in [0.4, 0.5) is 0 Å². The molecule has 0 saturated carbocycles. The first kappa shape index (κ1) is 12.9. The van der Waals surface area contributed by atoms with Crippen LogP contribution in [0.1, 0.15) is 13.8 Å². The zero-order chi connectivity index (χ0) is 11.1. The van der Waals surface area contributed by atoms with E-state index >= 15 is 0 Å². The highest BCUT2D eigenvalue weighted by Gasteiger charge is 2.21. The minimum Gasteiger partial charge on any atom is -0.480 e. The van der Waals surface area contributed by atoms with Crippen molar-refractivity contribution in [2.24, 2.45) is 11.8 Å². The van der Waals surface area contributed by atoms with Crippen molar-refractivity contribution < 1.29 is 19.9 Å². The number of hydroxylamine groups is 1. The van der Waals surface area contributed by atoms with E-state index in [1.165, 1.54) is 0 Å². The Bertz CT molecular complexity index is 206. The molecule has 0 aromatic rings. The predicted octanol–water partition coefficient (Wildman–Crippen LogP) is -0.562. The zero-order valence-corrected chi connectivity index (χ0v) is 8.28. The first-order valence-electron chi connectivity index (χ1n) is 4.35. The minimum absolute atomic E-state index is 0.0310. The van der Waals surface area contributed by atoms with Gasteiger partial charge >= 0.3 is 5.97 Å². The normalized spacial score (nSPS) is 12.6. The number of nitrogens with one attached hydrogen (secondary N) is 2. The number of carbonyl (C=O) groups excluding carboxylic acids is 1. The molecule has 1 amide bonds. The summed E-state index contributed by atoms with van der Waals surface area (Å²) in [7, 11) is 0. The molecule has 0 saturated heterocycles. The third kappa shape index (κ3) is 4.78. The first-order chi connectivity index (χ1) is 6.49. The summed E-state index contributed by atoms with van der Waals surface area (Å²) in [6.07, 6.45) is 0. The molecule has 0 aliphatic rings. The molecule has 0 aliphatic heterocycles. The van der Waals surface area contributed by atoms with Crippen molar-refractivity contribution in [1.82, 2.24) is 10.8 Å². The van der Waals surface area contributed by atoms with Crippen LogP contribution in [0.15, 0.2) is 0 Å². The van der Waals surface area contributed by atoms with Crippen molar-refractivity contribution in [2.45, 2.75) is 13.8 Å². The summed E-state index contributed by atoms with van der Waals surface area (Å²) in [5, 5.41) is 19.4. The molecule has 0 aromatic carbocycles. The quantitative estimate of drug-likeness (QED) is 0.343. The van der Waals surface area contributed by atoms with Gasteiger partial charge in [0.1, 0.15) is 0 Å². The van der Waals surface area contributed by atoms with Crippen molar-refractivity contribution in [3.05, 3.63) is 0 Å². The van der Waals surface area contributed by atoms with Gasteiger partial charge in [-0.15, -0.1) is 0 Å². The predicted molar refractivity (Wildman–Crippen MR) is 48.8 cm³/mol. The minimum atomic E-state index is -0.975. The molecule has 0 spiro atoms. The average molecular weight is 204 g/mol. The van der Waals surface area contributed by atoms with Gasteiger partial charge in [-0.25, -0.2) is 5.48 Å². The molecule has 0 fully saturated rings. The maximum atomic E-state index is 11.1. The summed E-state index contributed by atoms with van der Waals surface area (Å²) in [6.45, 7) is 3.68. The van der Waals surface area contributed by atoms with E-state index in [2.05, 4.69) is 5.32 Å². The summed E-state index contributed by atoms with van der Waals surface area (Å²) in [5.41, 5.74) is 1.56. The fraction of sp³-hybridized carbons (Fsp3) is 0.750. The van der Waals surface area contributed by atoms with Crippen LogP contribution in [0, 0.1) is 11.8 Å². The molecule has 0 rings (SSSR count). The second-order valence-corrected chi connectivity index (χ2v) is 3.35. The van der Waals surface area contributed by atoms with Crippen LogP contribution < -0.4 is 10.8 Å². The van der Waals surface area contributed by atoms with Crippen molar-refractivity contribution in [2.75, 3.05) is 13.1 Å². The van der Waals surface area contributed by atoms with E-state index in [-0.39, 0.29) is 19.0 Å². The number of carboxylic acids is 1. The number of hydrogen-bond donors (Lipinski definition) is 4. The van der Waals surface area contributed by atoms with Gasteiger partial charge in [-0.05, 0) is 5.92 Å². The number of aliphatic carboxylic acids is 1. The van der Waals surface area contributed by atoms with Gasteiger partial charge in [0.2, 0.25) is 5.91 Å². The van der Waals surface area contributed by atoms with Gasteiger partial charge in [0.15, 0.2) is 0 Å². The summed E-state index contributed by atoms with van der Waals surface area (Å²) in [6, 6.07) is 0. The van der Waals surface area contributed by atoms with E-state index < -0.39 is 17.8 Å². The van der Waals surface area contributed by atoms with Gasteiger partial charge in [0, 0.05) is 6.54 Å². The Kier molecular flexibility index (Phi) is 5.82. The largest absolute Gasteiger partial charge is 0.480 e. The molecule has 6 nitrogen and oxygen atoms in total. The van der Waals surface area contributed by atoms with E-state index in [0.717, 1.165) is 0 Å². The molecule has 0 aliphatic carbocycles. The molecule has 6 heteroatoms. The Labute approximate surface area is 82.3 Å². The van der Waals surface area contributed by atoms with Gasteiger partial charge in [-0.2, -0.15) is 0 Å². The first-order valence-corrected chi connectivity index (χ1v) is 4.35. The van der Waals surface area contributed by atoms with Crippen molar-refractivity contribution >= 4 is 11.9 Å². The highest BCUT2D eigenvalue weighted by Crippen LogP contribution is 2.09. The van der Waals surface area contributed by atoms with Crippen LogP contribution in [0.5, 0.6) is 0 Å². The lowest BCUT2D eigenvalue weighted by atomic mass is 9.95. The van der Waals surface area contributed by atoms with E-state index in [0.29, 0.717) is 0 Å². The van der Waals surface area contributed by atoms with Crippen LogP contribution in [0.3, 0.4) is 0 Å². The van der Waals surface area contributed by atoms with Crippen LogP contribution in [-0.4, -0.2) is 35.3 Å². The third-order valence-corrected chi connectivity index (χ3v) is 1.89. The Morgan fingerprint density at radius 1 is 1.36 bits per heavy atom. The summed E-state index contributed by atoms with van der Waals surface area (Å²) in [5.74, 6) is -1.88. The van der Waals surface area contributed by atoms with E-state index in [9.17, 15) is 9.59 Å². The van der Waals surface area contributed by atoms with E-state index in [1.807, 2.05) is 13.8 Å². The summed E-state index contributed by atoms with van der Waals surface area (Å²) in [4.78, 5) is 21.3. The fourth-order valence-corrected chi connectivity index (χ4v) is 1.05. The van der Waals surface area contributed by atoms with Crippen LogP contribution in [-0.2, 0) is 9.59 Å². The van der Waals surface area contributed by atoms with Gasteiger partial charge in [-0.1, -0.05) is 13.8 Å². The maximum Gasteiger partial charge on any atom is 0.317 e. The molecule has 1 atom stereocenters. The van der Waals surface area contributed by atoms with Crippen molar-refractivity contribution in [1.29, 1.82) is 0 Å². The van der Waals surface area contributed by atoms with Gasteiger partial charge < -0.3 is 10.4 Å². The highest BCUT2D eigenvalue weighted by atomic mass is 16.5. The van der Waals surface area contributed by atoms with Crippen LogP contribution in [0.25, 0.3) is 0 Å². The standard InChI is InChI=1S/C8H16N2O4/c1-5(2)6(8(13)10-14)3-9-4-7(11)12/h5-6,9,14H,3-4H2,1-2H3,(H,10,13)(H,11,12). The van der Waals surface area contributed by atoms with Gasteiger partial charge in [0.05, 0.1) is 12.5 Å². The number of carbonyl (C=O) groups is 2. The van der Waals surface area contributed by atoms with Gasteiger partial charge in [0.25, 0.3) is 0 Å². The number of amides is 1. The summed E-state index contributed by atoms with van der Waals surface area (Å²) < 4.78 is 0. The molecule has 0 radical (unpaired) electrons. The molecule has 82 valence electrons. The highest BCUT2D eigenvalue weighted by molar-refractivity contribution is 5.78. The van der Waals surface area contributed by atoms with Crippen molar-refractivity contribution in [3.8, 4) is 0 Å². The zero-order valence-electron chi connectivity index (χ0n) is 8.28. The molecule has 0 bridgehead atoms. The Hall–Kier alpha value is -1.14. The fourth-order valence-electron chi connectivity index (χ4n) is 1.05. The van der Waals surface area contributed by atoms with Crippen molar-refractivity contribution in [3.63, 3.8) is 0 Å². The molecular weight excluding hydrogens is 188 g/mol. The van der Waals surface area contributed by atoms with Crippen LogP contribution >= 0.6 is 0 Å². The second kappa shape index (κ2) is 6.33. The van der Waals surface area contributed by atoms with E-state index in [4.69, 9.17) is 10.3 Å². The molecule has 0 heterocycles. The number of hydrogen-bond acceptors (Lipinski definition) is 4. The monoisotopic (exact) mass is 204 g/mol. The maximum absolute atomic E-state index is 11.1. The lowest BCUT2D eigenvalue weighted by Gasteiger charge is -2.18. The summed E-state index contributed by atoms with van der Waals surface area (Å²) >= 11 is 0. The van der Waals surface area contributed by atoms with E-state index in [1.54, 1.807) is 5.48 Å². The molecule has 4 N–H and O–H groups in total. The second-order valence-electron chi connectivity index (χ2n) is 3.35. The number of rotatable bonds is 6. The van der Waals surface area contributed by atoms with Crippen LogP contribution in [0.2, 0.25) is 0 Å². The topological polar surface area (TPSA) is 98.7 Å². The smallest absolute Gasteiger partial charge is 0.317 e. The SMILES string of the molecule is CC(C)C(CNCC(=O)O)C(=O)NO. The lowest BCUT2D eigenvalue weighted by Crippen LogP contribution is -2.39. The Morgan fingerprint density at radius 2 is 1.93 bits per heavy atom. The molecule has 14 heavy (non-hydrogen) atoms. The Balaban J connectivity index is 3.98. The number of carboxylic acid groups (broad SMARTS) is 1. The molecular formula is C8H16N2O4. The van der Waals surface area contributed by atoms with Gasteiger partial charge in [-0.3, -0.25) is 14.8 Å². The third-order valence-electron chi connectivity index (χ3n) is 1.89. The lowest BCUT2D eigenvalue weighted by molar-refractivity contribution is -0.137. The molecule has 1 unspecified atom stereocenters. The average Bonchev–Trinajstić information content (AvgIpc) is 2.10.